The number of hydrogen-bond acceptors (Lipinski definition) is 0. The van der Waals surface area contributed by atoms with E-state index in [1.165, 1.54) is 0 Å². The Balaban J connectivity index is 0.000000202. The van der Waals surface area contributed by atoms with Gasteiger partial charge in [0.15, 0.2) is 0 Å². The van der Waals surface area contributed by atoms with Gasteiger partial charge < -0.3 is 4.85 Å². The third-order valence-corrected chi connectivity index (χ3v) is 1.38. The Hall–Kier alpha value is -0.511. The molecule has 0 fully saturated rings. The summed E-state index contributed by atoms with van der Waals surface area (Å²) in [7, 11) is 0. The minimum atomic E-state index is -0.167. The van der Waals surface area contributed by atoms with Gasteiger partial charge >= 0.3 is 45.1 Å². The number of rotatable bonds is 0. The molecule has 1 aliphatic carbocycles. The number of nitrogens with zero attached hydrogens (tertiary/aromatic N) is 1. The molecule has 0 aliphatic heterocycles. The monoisotopic (exact) mass is 211 g/mol. The van der Waals surface area contributed by atoms with E-state index in [4.69, 9.17) is 22.6 Å². The van der Waals surface area contributed by atoms with Gasteiger partial charge in [-0.1, -0.05) is 0 Å². The molecular formula is C10H14CuN. The van der Waals surface area contributed by atoms with Crippen LogP contribution in [0, 0.1) is 6.57 Å². The second-order valence-corrected chi connectivity index (χ2v) is 4.08. The van der Waals surface area contributed by atoms with Crippen molar-refractivity contribution in [2.45, 2.75) is 32.7 Å². The Labute approximate surface area is 83.2 Å². The van der Waals surface area contributed by atoms with E-state index in [9.17, 15) is 0 Å². The van der Waals surface area contributed by atoms with Crippen molar-refractivity contribution in [1.82, 2.24) is 0 Å². The van der Waals surface area contributed by atoms with Crippen LogP contribution < -0.4 is 0 Å². The molecule has 0 N–H and O–H groups in total. The summed E-state index contributed by atoms with van der Waals surface area (Å²) in [5, 5.41) is 0. The first-order chi connectivity index (χ1) is 5.45. The normalized spacial score (nSPS) is 14.5. The molecule has 0 unspecified atom stereocenters. The Morgan fingerprint density at radius 3 is 2.08 bits per heavy atom. The van der Waals surface area contributed by atoms with E-state index in [0.29, 0.717) is 0 Å². The van der Waals surface area contributed by atoms with Gasteiger partial charge in [0.25, 0.3) is 0 Å². The van der Waals surface area contributed by atoms with E-state index in [1.54, 1.807) is 0 Å². The zero-order chi connectivity index (χ0) is 9.61. The van der Waals surface area contributed by atoms with Gasteiger partial charge in [0.1, 0.15) is 0 Å². The molecule has 1 rings (SSSR count). The molecule has 0 heterocycles. The van der Waals surface area contributed by atoms with Crippen molar-refractivity contribution >= 4 is 0 Å². The molecule has 1 nitrogen and oxygen atoms in total. The van der Waals surface area contributed by atoms with E-state index >= 15 is 0 Å². The first-order valence-electron chi connectivity index (χ1n) is 3.82. The van der Waals surface area contributed by atoms with Gasteiger partial charge in [-0.2, -0.15) is 0 Å². The van der Waals surface area contributed by atoms with Gasteiger partial charge in [-0.25, -0.2) is 6.57 Å². The summed E-state index contributed by atoms with van der Waals surface area (Å²) in [6.45, 7) is 12.1. The molecule has 0 saturated heterocycles. The Kier molecular flexibility index (Phi) is 4.97. The predicted molar refractivity (Wildman–Crippen MR) is 48.2 cm³/mol. The summed E-state index contributed by atoms with van der Waals surface area (Å²) in [4.78, 5) is 3.27. The fourth-order valence-electron chi connectivity index (χ4n) is 0.405. The maximum absolute atomic E-state index is 6.48. The molecule has 0 amide bonds. The molecule has 1 aliphatic rings. The van der Waals surface area contributed by atoms with Crippen molar-refractivity contribution in [2.75, 3.05) is 0 Å². The van der Waals surface area contributed by atoms with Crippen molar-refractivity contribution in [3.8, 4) is 0 Å². The second kappa shape index (κ2) is 5.19. The SMILES string of the molecule is [C-]#[N+]C(C)(C)C.[Cu][C]1=CC=CC1. The maximum atomic E-state index is 6.48. The summed E-state index contributed by atoms with van der Waals surface area (Å²) in [5.41, 5.74) is -0.167. The summed E-state index contributed by atoms with van der Waals surface area (Å²) >= 11 is 4.93. The Morgan fingerprint density at radius 2 is 2.00 bits per heavy atom. The van der Waals surface area contributed by atoms with Crippen molar-refractivity contribution < 1.29 is 16.0 Å². The van der Waals surface area contributed by atoms with Crippen molar-refractivity contribution in [2.24, 2.45) is 0 Å². The molecular weight excluding hydrogens is 198 g/mol. The molecule has 0 atom stereocenters. The second-order valence-electron chi connectivity index (χ2n) is 3.48. The fourth-order valence-corrected chi connectivity index (χ4v) is 0.606. The van der Waals surface area contributed by atoms with Crippen LogP contribution in [-0.4, -0.2) is 5.54 Å². The summed E-state index contributed by atoms with van der Waals surface area (Å²) < 4.78 is 1.03. The Morgan fingerprint density at radius 1 is 1.50 bits per heavy atom. The molecule has 0 radical (unpaired) electrons. The van der Waals surface area contributed by atoms with Crippen molar-refractivity contribution in [1.29, 1.82) is 0 Å². The van der Waals surface area contributed by atoms with Crippen molar-refractivity contribution in [3.05, 3.63) is 34.1 Å². The average Bonchev–Trinajstić information content (AvgIpc) is 2.39. The van der Waals surface area contributed by atoms with Gasteiger partial charge in [-0.05, 0) is 0 Å². The van der Waals surface area contributed by atoms with E-state index in [0.717, 1.165) is 10.9 Å². The zero-order valence-corrected chi connectivity index (χ0v) is 8.63. The van der Waals surface area contributed by atoms with Gasteiger partial charge in [0, 0.05) is 20.8 Å². The van der Waals surface area contributed by atoms with Crippen LogP contribution in [0.5, 0.6) is 0 Å². The molecule has 0 bridgehead atoms. The standard InChI is InChI=1S/C5H9N.C5H5.Cu/c1-5(2,3)6-4;1-2-4-5-3-1;/h1-3H3;1-3H,4H2;. The third kappa shape index (κ3) is 7.59. The molecule has 70 valence electrons. The van der Waals surface area contributed by atoms with Crippen LogP contribution in [0.25, 0.3) is 4.85 Å². The first-order valence-corrected chi connectivity index (χ1v) is 4.29. The van der Waals surface area contributed by atoms with Crippen LogP contribution in [0.4, 0.5) is 0 Å². The molecule has 0 aromatic heterocycles. The van der Waals surface area contributed by atoms with Crippen LogP contribution in [-0.2, 0) is 16.0 Å². The van der Waals surface area contributed by atoms with Crippen LogP contribution >= 0.6 is 0 Å². The summed E-state index contributed by atoms with van der Waals surface area (Å²) in [6.07, 6.45) is 6.95. The third-order valence-electron chi connectivity index (χ3n) is 1.03. The van der Waals surface area contributed by atoms with Crippen LogP contribution in [0.2, 0.25) is 0 Å². The summed E-state index contributed by atoms with van der Waals surface area (Å²) in [5.74, 6) is 0. The Bertz CT molecular complexity index is 225. The summed E-state index contributed by atoms with van der Waals surface area (Å²) in [6, 6.07) is 0. The molecule has 0 saturated carbocycles. The molecule has 0 aromatic carbocycles. The van der Waals surface area contributed by atoms with Gasteiger partial charge in [0.05, 0.1) is 0 Å². The van der Waals surface area contributed by atoms with Crippen molar-refractivity contribution in [3.63, 3.8) is 0 Å². The topological polar surface area (TPSA) is 4.36 Å². The number of allylic oxidation sites excluding steroid dienone is 4. The first kappa shape index (κ1) is 11.5. The minimum absolute atomic E-state index is 0.167. The molecule has 0 aromatic rings. The van der Waals surface area contributed by atoms with E-state index < -0.39 is 0 Å². The van der Waals surface area contributed by atoms with E-state index in [2.05, 4.69) is 10.9 Å². The van der Waals surface area contributed by atoms with Crippen LogP contribution in [0.1, 0.15) is 27.2 Å². The quantitative estimate of drug-likeness (QED) is 0.429. The fraction of sp³-hybridized carbons (Fsp3) is 0.500. The van der Waals surface area contributed by atoms with Gasteiger partial charge in [0.2, 0.25) is 5.54 Å². The molecule has 12 heavy (non-hydrogen) atoms. The molecule has 0 spiro atoms. The zero-order valence-electron chi connectivity index (χ0n) is 7.69. The van der Waals surface area contributed by atoms with E-state index in [1.807, 2.05) is 32.9 Å². The van der Waals surface area contributed by atoms with E-state index in [-0.39, 0.29) is 5.54 Å². The van der Waals surface area contributed by atoms with Gasteiger partial charge in [-0.15, -0.1) is 0 Å². The number of hydrogen-bond donors (Lipinski definition) is 0. The average molecular weight is 212 g/mol. The van der Waals surface area contributed by atoms with Gasteiger partial charge in [-0.3, -0.25) is 0 Å². The predicted octanol–water partition coefficient (Wildman–Crippen LogP) is 3.08. The van der Waals surface area contributed by atoms with Crippen LogP contribution in [0.15, 0.2) is 22.7 Å². The molecule has 2 heteroatoms. The van der Waals surface area contributed by atoms with Crippen LogP contribution in [0.3, 0.4) is 0 Å².